The highest BCUT2D eigenvalue weighted by Crippen LogP contribution is 2.29. The number of hydrogen-bond acceptors (Lipinski definition) is 4. The van der Waals surface area contributed by atoms with E-state index in [4.69, 9.17) is 9.47 Å². The zero-order valence-electron chi connectivity index (χ0n) is 19.2. The first-order valence-electron chi connectivity index (χ1n) is 12.5. The van der Waals surface area contributed by atoms with Gasteiger partial charge in [0.25, 0.3) is 0 Å². The monoisotopic (exact) mass is 410 g/mol. The highest BCUT2D eigenvalue weighted by Gasteiger charge is 2.31. The SMILES string of the molecule is CCCCCCCCOC(=O)C1CCCCC(C(=O)OCCCCCCCC)C1. The summed E-state index contributed by atoms with van der Waals surface area (Å²) >= 11 is 0. The van der Waals surface area contributed by atoms with Gasteiger partial charge in [-0.25, -0.2) is 0 Å². The van der Waals surface area contributed by atoms with Gasteiger partial charge in [0, 0.05) is 0 Å². The standard InChI is InChI=1S/C25H46O4/c1-3-5-7-9-11-15-19-28-24(26)22-17-13-14-18-23(21-22)25(27)29-20-16-12-10-8-6-4-2/h22-23H,3-21H2,1-2H3. The van der Waals surface area contributed by atoms with Gasteiger partial charge >= 0.3 is 11.9 Å². The Hall–Kier alpha value is -1.06. The van der Waals surface area contributed by atoms with Crippen molar-refractivity contribution in [2.75, 3.05) is 13.2 Å². The van der Waals surface area contributed by atoms with Crippen LogP contribution < -0.4 is 0 Å². The van der Waals surface area contributed by atoms with Gasteiger partial charge in [-0.1, -0.05) is 90.9 Å². The Morgan fingerprint density at radius 1 is 0.621 bits per heavy atom. The maximum Gasteiger partial charge on any atom is 0.308 e. The number of carbonyl (C=O) groups is 2. The topological polar surface area (TPSA) is 52.6 Å². The number of ether oxygens (including phenoxy) is 2. The van der Waals surface area contributed by atoms with Crippen molar-refractivity contribution in [2.45, 2.75) is 123 Å². The second-order valence-corrected chi connectivity index (χ2v) is 8.78. The average Bonchev–Trinajstić information content (AvgIpc) is 2.98. The van der Waals surface area contributed by atoms with Crippen molar-refractivity contribution in [1.29, 1.82) is 0 Å². The lowest BCUT2D eigenvalue weighted by Gasteiger charge is -2.18. The Morgan fingerprint density at radius 3 is 1.41 bits per heavy atom. The van der Waals surface area contributed by atoms with E-state index in [-0.39, 0.29) is 23.8 Å². The third-order valence-electron chi connectivity index (χ3n) is 6.08. The Morgan fingerprint density at radius 2 is 1.00 bits per heavy atom. The molecular weight excluding hydrogens is 364 g/mol. The van der Waals surface area contributed by atoms with Crippen LogP contribution in [0.25, 0.3) is 0 Å². The summed E-state index contributed by atoms with van der Waals surface area (Å²) in [5.41, 5.74) is 0. The molecule has 1 rings (SSSR count). The Labute approximate surface area is 179 Å². The number of unbranched alkanes of at least 4 members (excludes halogenated alkanes) is 10. The van der Waals surface area contributed by atoms with Crippen LogP contribution in [0.2, 0.25) is 0 Å². The van der Waals surface area contributed by atoms with Crippen LogP contribution in [0.15, 0.2) is 0 Å². The van der Waals surface area contributed by atoms with Gasteiger partial charge in [-0.2, -0.15) is 0 Å². The zero-order valence-corrected chi connectivity index (χ0v) is 19.2. The molecule has 0 aromatic carbocycles. The second-order valence-electron chi connectivity index (χ2n) is 8.78. The Balaban J connectivity index is 2.21. The number of esters is 2. The summed E-state index contributed by atoms with van der Waals surface area (Å²) < 4.78 is 11.1. The summed E-state index contributed by atoms with van der Waals surface area (Å²) in [5, 5.41) is 0. The molecule has 4 nitrogen and oxygen atoms in total. The molecule has 4 heteroatoms. The summed E-state index contributed by atoms with van der Waals surface area (Å²) in [6, 6.07) is 0. The Bertz CT molecular complexity index is 383. The summed E-state index contributed by atoms with van der Waals surface area (Å²) in [6.07, 6.45) is 18.5. The van der Waals surface area contributed by atoms with Crippen molar-refractivity contribution in [1.82, 2.24) is 0 Å². The first kappa shape index (κ1) is 26.0. The molecule has 0 aromatic heterocycles. The lowest BCUT2D eigenvalue weighted by Crippen LogP contribution is -2.25. The molecule has 0 aliphatic heterocycles. The molecule has 1 fully saturated rings. The van der Waals surface area contributed by atoms with Gasteiger partial charge in [0.1, 0.15) is 0 Å². The van der Waals surface area contributed by atoms with Gasteiger partial charge in [0.2, 0.25) is 0 Å². The first-order valence-corrected chi connectivity index (χ1v) is 12.5. The second kappa shape index (κ2) is 17.8. The van der Waals surface area contributed by atoms with Crippen LogP contribution in [-0.4, -0.2) is 25.2 Å². The predicted octanol–water partition coefficient (Wildman–Crippen LogP) is 6.99. The molecule has 0 bridgehead atoms. The van der Waals surface area contributed by atoms with E-state index in [0.29, 0.717) is 19.6 Å². The van der Waals surface area contributed by atoms with Crippen molar-refractivity contribution in [2.24, 2.45) is 11.8 Å². The Kier molecular flexibility index (Phi) is 15.9. The van der Waals surface area contributed by atoms with Crippen molar-refractivity contribution < 1.29 is 19.1 Å². The van der Waals surface area contributed by atoms with Crippen LogP contribution in [0.5, 0.6) is 0 Å². The minimum Gasteiger partial charge on any atom is -0.465 e. The lowest BCUT2D eigenvalue weighted by atomic mass is 9.93. The smallest absolute Gasteiger partial charge is 0.308 e. The van der Waals surface area contributed by atoms with E-state index < -0.39 is 0 Å². The average molecular weight is 411 g/mol. The molecule has 0 amide bonds. The van der Waals surface area contributed by atoms with Gasteiger partial charge in [-0.3, -0.25) is 9.59 Å². The molecule has 0 radical (unpaired) electrons. The fraction of sp³-hybridized carbons (Fsp3) is 0.920. The molecule has 0 heterocycles. The highest BCUT2D eigenvalue weighted by molar-refractivity contribution is 5.76. The van der Waals surface area contributed by atoms with Gasteiger partial charge in [0.15, 0.2) is 0 Å². The number of rotatable bonds is 16. The number of hydrogen-bond donors (Lipinski definition) is 0. The molecule has 1 aliphatic carbocycles. The minimum absolute atomic E-state index is 0.103. The molecule has 0 saturated heterocycles. The van der Waals surface area contributed by atoms with E-state index in [9.17, 15) is 9.59 Å². The van der Waals surface area contributed by atoms with Crippen molar-refractivity contribution in [3.8, 4) is 0 Å². The van der Waals surface area contributed by atoms with Gasteiger partial charge in [-0.15, -0.1) is 0 Å². The molecule has 1 aliphatic rings. The third kappa shape index (κ3) is 13.0. The largest absolute Gasteiger partial charge is 0.465 e. The van der Waals surface area contributed by atoms with E-state index in [0.717, 1.165) is 51.4 Å². The summed E-state index contributed by atoms with van der Waals surface area (Å²) in [6.45, 7) is 5.47. The maximum absolute atomic E-state index is 12.5. The maximum atomic E-state index is 12.5. The fourth-order valence-electron chi connectivity index (χ4n) is 4.13. The van der Waals surface area contributed by atoms with Crippen molar-refractivity contribution in [3.63, 3.8) is 0 Å². The zero-order chi connectivity index (χ0) is 21.2. The van der Waals surface area contributed by atoms with E-state index in [2.05, 4.69) is 13.8 Å². The van der Waals surface area contributed by atoms with E-state index in [1.165, 1.54) is 51.4 Å². The van der Waals surface area contributed by atoms with Crippen LogP contribution in [0, 0.1) is 11.8 Å². The van der Waals surface area contributed by atoms with Crippen LogP contribution in [0.1, 0.15) is 123 Å². The molecule has 29 heavy (non-hydrogen) atoms. The first-order chi connectivity index (χ1) is 14.2. The van der Waals surface area contributed by atoms with Crippen molar-refractivity contribution >= 4 is 11.9 Å². The molecule has 2 atom stereocenters. The van der Waals surface area contributed by atoms with E-state index in [1.807, 2.05) is 0 Å². The van der Waals surface area contributed by atoms with Crippen LogP contribution in [0.3, 0.4) is 0 Å². The molecule has 1 saturated carbocycles. The summed E-state index contributed by atoms with van der Waals surface area (Å²) in [5.74, 6) is -0.475. The minimum atomic E-state index is -0.135. The fourth-order valence-corrected chi connectivity index (χ4v) is 4.13. The molecule has 170 valence electrons. The molecule has 0 aromatic rings. The third-order valence-corrected chi connectivity index (χ3v) is 6.08. The quantitative estimate of drug-likeness (QED) is 0.156. The summed E-state index contributed by atoms with van der Waals surface area (Å²) in [4.78, 5) is 24.9. The molecule has 0 spiro atoms. The molecule has 0 N–H and O–H groups in total. The van der Waals surface area contributed by atoms with Gasteiger partial charge in [0.05, 0.1) is 25.0 Å². The summed E-state index contributed by atoms with van der Waals surface area (Å²) in [7, 11) is 0. The lowest BCUT2D eigenvalue weighted by molar-refractivity contribution is -0.152. The van der Waals surface area contributed by atoms with Crippen LogP contribution >= 0.6 is 0 Å². The van der Waals surface area contributed by atoms with Gasteiger partial charge in [-0.05, 0) is 32.1 Å². The molecular formula is C25H46O4. The van der Waals surface area contributed by atoms with Crippen LogP contribution in [0.4, 0.5) is 0 Å². The van der Waals surface area contributed by atoms with E-state index >= 15 is 0 Å². The normalized spacial score (nSPS) is 19.5. The highest BCUT2D eigenvalue weighted by atomic mass is 16.5. The van der Waals surface area contributed by atoms with Crippen LogP contribution in [-0.2, 0) is 19.1 Å². The van der Waals surface area contributed by atoms with Crippen molar-refractivity contribution in [3.05, 3.63) is 0 Å². The van der Waals surface area contributed by atoms with E-state index in [1.54, 1.807) is 0 Å². The van der Waals surface area contributed by atoms with Gasteiger partial charge < -0.3 is 9.47 Å². The number of carbonyl (C=O) groups excluding carboxylic acids is 2. The molecule has 2 unspecified atom stereocenters. The predicted molar refractivity (Wildman–Crippen MR) is 119 cm³/mol.